The highest BCUT2D eigenvalue weighted by Crippen LogP contribution is 2.12. The van der Waals surface area contributed by atoms with Crippen LogP contribution in [-0.2, 0) is 0 Å². The second-order valence-electron chi connectivity index (χ2n) is 5.69. The normalized spacial score (nSPS) is 17.7. The second-order valence-corrected chi connectivity index (χ2v) is 6.60. The van der Waals surface area contributed by atoms with E-state index in [0.29, 0.717) is 11.5 Å². The third-order valence-electron chi connectivity index (χ3n) is 3.72. The number of piperidine rings is 1. The Morgan fingerprint density at radius 1 is 1.35 bits per heavy atom. The van der Waals surface area contributed by atoms with Gasteiger partial charge in [0.25, 0.3) is 5.91 Å². The SMILES string of the molecule is CC(CNC(=O)c1cccc(Br)c1)CN1CCCCC1. The third kappa shape index (κ3) is 4.91. The number of benzene rings is 1. The number of hydrogen-bond donors (Lipinski definition) is 1. The quantitative estimate of drug-likeness (QED) is 0.893. The Bertz CT molecular complexity index is 444. The molecule has 0 spiro atoms. The number of halogens is 1. The Morgan fingerprint density at radius 2 is 2.10 bits per heavy atom. The van der Waals surface area contributed by atoms with Crippen LogP contribution < -0.4 is 5.32 Å². The van der Waals surface area contributed by atoms with Crippen molar-refractivity contribution in [2.24, 2.45) is 5.92 Å². The van der Waals surface area contributed by atoms with E-state index in [4.69, 9.17) is 0 Å². The molecule has 1 fully saturated rings. The molecule has 1 aromatic rings. The van der Waals surface area contributed by atoms with Crippen LogP contribution in [0.25, 0.3) is 0 Å². The Labute approximate surface area is 129 Å². The van der Waals surface area contributed by atoms with Crippen LogP contribution in [0, 0.1) is 5.92 Å². The van der Waals surface area contributed by atoms with Gasteiger partial charge in [-0.25, -0.2) is 0 Å². The lowest BCUT2D eigenvalue weighted by atomic mass is 10.1. The number of nitrogens with one attached hydrogen (secondary N) is 1. The molecular weight excluding hydrogens is 316 g/mol. The van der Waals surface area contributed by atoms with Crippen molar-refractivity contribution >= 4 is 21.8 Å². The molecule has 1 aliphatic rings. The molecular formula is C16H23BrN2O. The first-order valence-electron chi connectivity index (χ1n) is 7.41. The summed E-state index contributed by atoms with van der Waals surface area (Å²) in [6.45, 7) is 6.45. The number of hydrogen-bond acceptors (Lipinski definition) is 2. The van der Waals surface area contributed by atoms with Gasteiger partial charge >= 0.3 is 0 Å². The van der Waals surface area contributed by atoms with Gasteiger partial charge in [0.15, 0.2) is 0 Å². The van der Waals surface area contributed by atoms with Crippen LogP contribution in [0.3, 0.4) is 0 Å². The molecule has 0 aliphatic carbocycles. The summed E-state index contributed by atoms with van der Waals surface area (Å²) >= 11 is 3.39. The van der Waals surface area contributed by atoms with Gasteiger partial charge in [0.05, 0.1) is 0 Å². The highest BCUT2D eigenvalue weighted by molar-refractivity contribution is 9.10. The largest absolute Gasteiger partial charge is 0.352 e. The topological polar surface area (TPSA) is 32.3 Å². The Balaban J connectivity index is 1.75. The molecule has 1 aliphatic heterocycles. The summed E-state index contributed by atoms with van der Waals surface area (Å²) in [5.74, 6) is 0.501. The molecule has 0 bridgehead atoms. The lowest BCUT2D eigenvalue weighted by Crippen LogP contribution is -2.38. The number of rotatable bonds is 5. The van der Waals surface area contributed by atoms with Gasteiger partial charge in [-0.3, -0.25) is 4.79 Å². The zero-order chi connectivity index (χ0) is 14.4. The summed E-state index contributed by atoms with van der Waals surface area (Å²) < 4.78 is 0.937. The van der Waals surface area contributed by atoms with E-state index in [2.05, 4.69) is 33.1 Å². The fourth-order valence-corrected chi connectivity index (χ4v) is 3.05. The summed E-state index contributed by atoms with van der Waals surface area (Å²) in [6, 6.07) is 7.51. The molecule has 1 amide bonds. The molecule has 3 nitrogen and oxygen atoms in total. The maximum Gasteiger partial charge on any atom is 0.251 e. The molecule has 0 saturated carbocycles. The fraction of sp³-hybridized carbons (Fsp3) is 0.562. The minimum absolute atomic E-state index is 0.0109. The van der Waals surface area contributed by atoms with Crippen molar-refractivity contribution in [3.63, 3.8) is 0 Å². The van der Waals surface area contributed by atoms with E-state index in [1.165, 1.54) is 32.4 Å². The lowest BCUT2D eigenvalue weighted by Gasteiger charge is -2.29. The monoisotopic (exact) mass is 338 g/mol. The van der Waals surface area contributed by atoms with Crippen molar-refractivity contribution in [2.45, 2.75) is 26.2 Å². The van der Waals surface area contributed by atoms with Crippen molar-refractivity contribution in [3.05, 3.63) is 34.3 Å². The van der Waals surface area contributed by atoms with Gasteiger partial charge in [0.1, 0.15) is 0 Å². The van der Waals surface area contributed by atoms with E-state index in [0.717, 1.165) is 17.6 Å². The number of likely N-dealkylation sites (tertiary alicyclic amines) is 1. The second kappa shape index (κ2) is 7.79. The van der Waals surface area contributed by atoms with Gasteiger partial charge in [-0.1, -0.05) is 35.3 Å². The number of carbonyl (C=O) groups excluding carboxylic acids is 1. The van der Waals surface area contributed by atoms with Gasteiger partial charge in [-0.05, 0) is 50.0 Å². The maximum atomic E-state index is 12.0. The van der Waals surface area contributed by atoms with Crippen LogP contribution in [0.1, 0.15) is 36.5 Å². The minimum atomic E-state index is 0.0109. The molecule has 0 radical (unpaired) electrons. The third-order valence-corrected chi connectivity index (χ3v) is 4.21. The van der Waals surface area contributed by atoms with Crippen LogP contribution in [0.15, 0.2) is 28.7 Å². The average Bonchev–Trinajstić information content (AvgIpc) is 2.46. The van der Waals surface area contributed by atoms with Crippen molar-refractivity contribution in [1.29, 1.82) is 0 Å². The van der Waals surface area contributed by atoms with Gasteiger partial charge in [0, 0.05) is 23.1 Å². The molecule has 1 heterocycles. The van der Waals surface area contributed by atoms with E-state index in [1.807, 2.05) is 24.3 Å². The highest BCUT2D eigenvalue weighted by Gasteiger charge is 2.14. The van der Waals surface area contributed by atoms with Gasteiger partial charge in [-0.2, -0.15) is 0 Å². The standard InChI is InChI=1S/C16H23BrN2O/c1-13(12-19-8-3-2-4-9-19)11-18-16(20)14-6-5-7-15(17)10-14/h5-7,10,13H,2-4,8-9,11-12H2,1H3,(H,18,20). The molecule has 110 valence electrons. The van der Waals surface area contributed by atoms with Crippen molar-refractivity contribution in [1.82, 2.24) is 10.2 Å². The number of carbonyl (C=O) groups is 1. The molecule has 1 atom stereocenters. The smallest absolute Gasteiger partial charge is 0.251 e. The highest BCUT2D eigenvalue weighted by atomic mass is 79.9. The van der Waals surface area contributed by atoms with Gasteiger partial charge in [-0.15, -0.1) is 0 Å². The summed E-state index contributed by atoms with van der Waals surface area (Å²) in [6.07, 6.45) is 4.00. The maximum absolute atomic E-state index is 12.0. The Kier molecular flexibility index (Phi) is 6.05. The number of amides is 1. The van der Waals surface area contributed by atoms with E-state index >= 15 is 0 Å². The lowest BCUT2D eigenvalue weighted by molar-refractivity contribution is 0.0942. The molecule has 1 saturated heterocycles. The molecule has 4 heteroatoms. The van der Waals surface area contributed by atoms with Gasteiger partial charge < -0.3 is 10.2 Å². The molecule has 0 aromatic heterocycles. The van der Waals surface area contributed by atoms with Crippen molar-refractivity contribution in [2.75, 3.05) is 26.2 Å². The molecule has 1 aromatic carbocycles. The number of nitrogens with zero attached hydrogens (tertiary/aromatic N) is 1. The Hall–Kier alpha value is -0.870. The molecule has 1 unspecified atom stereocenters. The molecule has 20 heavy (non-hydrogen) atoms. The van der Waals surface area contributed by atoms with Crippen molar-refractivity contribution < 1.29 is 4.79 Å². The first kappa shape index (κ1) is 15.5. The summed E-state index contributed by atoms with van der Waals surface area (Å²) in [5, 5.41) is 3.03. The first-order valence-corrected chi connectivity index (χ1v) is 8.20. The van der Waals surface area contributed by atoms with Crippen LogP contribution in [0.4, 0.5) is 0 Å². The summed E-state index contributed by atoms with van der Waals surface area (Å²) in [7, 11) is 0. The predicted octanol–water partition coefficient (Wildman–Crippen LogP) is 3.30. The zero-order valence-electron chi connectivity index (χ0n) is 12.1. The predicted molar refractivity (Wildman–Crippen MR) is 85.9 cm³/mol. The summed E-state index contributed by atoms with van der Waals surface area (Å²) in [5.41, 5.74) is 0.713. The van der Waals surface area contributed by atoms with Crippen LogP contribution in [0.2, 0.25) is 0 Å². The minimum Gasteiger partial charge on any atom is -0.352 e. The van der Waals surface area contributed by atoms with E-state index < -0.39 is 0 Å². The zero-order valence-corrected chi connectivity index (χ0v) is 13.7. The van der Waals surface area contributed by atoms with Crippen LogP contribution in [0.5, 0.6) is 0 Å². The van der Waals surface area contributed by atoms with Gasteiger partial charge in [0.2, 0.25) is 0 Å². The molecule has 1 N–H and O–H groups in total. The molecule has 2 rings (SSSR count). The summed E-state index contributed by atoms with van der Waals surface area (Å²) in [4.78, 5) is 14.6. The van der Waals surface area contributed by atoms with E-state index in [1.54, 1.807) is 0 Å². The first-order chi connectivity index (χ1) is 9.65. The Morgan fingerprint density at radius 3 is 2.80 bits per heavy atom. The van der Waals surface area contributed by atoms with Crippen molar-refractivity contribution in [3.8, 4) is 0 Å². The fourth-order valence-electron chi connectivity index (χ4n) is 2.65. The van der Waals surface area contributed by atoms with E-state index in [-0.39, 0.29) is 5.91 Å². The van der Waals surface area contributed by atoms with E-state index in [9.17, 15) is 4.79 Å². The van der Waals surface area contributed by atoms with Crippen LogP contribution >= 0.6 is 15.9 Å². The van der Waals surface area contributed by atoms with Crippen LogP contribution in [-0.4, -0.2) is 37.0 Å². The average molecular weight is 339 g/mol.